The highest BCUT2D eigenvalue weighted by atomic mass is 32.2. The molecular weight excluding hydrogens is 584 g/mol. The highest BCUT2D eigenvalue weighted by Crippen LogP contribution is 2.67. The number of benzene rings is 3. The van der Waals surface area contributed by atoms with Gasteiger partial charge in [-0.3, -0.25) is 9.36 Å². The summed E-state index contributed by atoms with van der Waals surface area (Å²) in [7, 11) is 0. The molecular formula is C33H28N2O8S. The van der Waals surface area contributed by atoms with E-state index in [1.165, 1.54) is 24.0 Å². The molecule has 1 aliphatic heterocycles. The first-order chi connectivity index (χ1) is 21.3. The van der Waals surface area contributed by atoms with Gasteiger partial charge in [0, 0.05) is 12.3 Å². The second kappa shape index (κ2) is 11.7. The highest BCUT2D eigenvalue weighted by molar-refractivity contribution is 7.98. The van der Waals surface area contributed by atoms with Crippen LogP contribution in [0.1, 0.15) is 44.2 Å². The third kappa shape index (κ3) is 5.29. The predicted molar refractivity (Wildman–Crippen MR) is 159 cm³/mol. The number of hydrogen-bond acceptors (Lipinski definition) is 10. The van der Waals surface area contributed by atoms with Crippen LogP contribution in [-0.4, -0.2) is 57.6 Å². The van der Waals surface area contributed by atoms with E-state index in [-0.39, 0.29) is 6.61 Å². The standard InChI is InChI=1S/C33H28N2O8S/c1-32(42-29(39)23-16-10-5-11-17-23)25-26(41-28(38)22-14-8-4-9-15-22)33(25,20-40-27(37)21-12-6-3-7-13-21)43-30(32)35-19-18-24(36)34-31(35)44-2/h3-19,25-26,30H,20H2,1-2H3/t25?,26-,30-,32?,33?/m1/s1. The third-order valence-corrected chi connectivity index (χ3v) is 8.55. The van der Waals surface area contributed by atoms with Gasteiger partial charge in [0.25, 0.3) is 5.56 Å². The van der Waals surface area contributed by atoms with Crippen LogP contribution in [0.5, 0.6) is 0 Å². The van der Waals surface area contributed by atoms with Gasteiger partial charge in [0.05, 0.1) is 22.6 Å². The Balaban J connectivity index is 1.40. The van der Waals surface area contributed by atoms with E-state index in [1.54, 1.807) is 109 Å². The molecule has 3 aromatic carbocycles. The van der Waals surface area contributed by atoms with Gasteiger partial charge in [-0.1, -0.05) is 66.4 Å². The molecule has 1 saturated heterocycles. The smallest absolute Gasteiger partial charge is 0.338 e. The summed E-state index contributed by atoms with van der Waals surface area (Å²) in [5, 5.41) is 0.319. The maximum absolute atomic E-state index is 13.5. The molecule has 0 N–H and O–H groups in total. The molecule has 44 heavy (non-hydrogen) atoms. The van der Waals surface area contributed by atoms with E-state index in [1.807, 2.05) is 0 Å². The molecule has 6 rings (SSSR count). The zero-order valence-corrected chi connectivity index (χ0v) is 24.6. The molecule has 1 aliphatic carbocycles. The summed E-state index contributed by atoms with van der Waals surface area (Å²) >= 11 is 1.21. The van der Waals surface area contributed by atoms with Crippen LogP contribution in [0.25, 0.3) is 0 Å². The van der Waals surface area contributed by atoms with Crippen LogP contribution < -0.4 is 5.56 Å². The number of nitrogens with zero attached hydrogens (tertiary/aromatic N) is 2. The van der Waals surface area contributed by atoms with Crippen molar-refractivity contribution >= 4 is 29.7 Å². The minimum absolute atomic E-state index is 0.296. The summed E-state index contributed by atoms with van der Waals surface area (Å²) in [6.07, 6.45) is 1.31. The molecule has 4 aromatic rings. The normalized spacial score (nSPS) is 25.0. The summed E-state index contributed by atoms with van der Waals surface area (Å²) in [6.45, 7) is 1.39. The van der Waals surface area contributed by atoms with E-state index < -0.39 is 52.9 Å². The van der Waals surface area contributed by atoms with Gasteiger partial charge >= 0.3 is 17.9 Å². The van der Waals surface area contributed by atoms with Crippen molar-refractivity contribution in [3.05, 3.63) is 130 Å². The molecule has 0 bridgehead atoms. The molecule has 2 fully saturated rings. The average molecular weight is 613 g/mol. The Bertz CT molecular complexity index is 1750. The Kier molecular flexibility index (Phi) is 7.83. The van der Waals surface area contributed by atoms with Gasteiger partial charge in [-0.25, -0.2) is 14.4 Å². The molecule has 3 unspecified atom stereocenters. The number of rotatable bonds is 9. The monoisotopic (exact) mass is 612 g/mol. The third-order valence-electron chi connectivity index (χ3n) is 7.88. The second-order valence-corrected chi connectivity index (χ2v) is 11.4. The molecule has 5 atom stereocenters. The number of esters is 3. The lowest BCUT2D eigenvalue weighted by Gasteiger charge is -2.35. The summed E-state index contributed by atoms with van der Waals surface area (Å²) < 4.78 is 26.2. The van der Waals surface area contributed by atoms with Crippen LogP contribution in [0.2, 0.25) is 0 Å². The molecule has 224 valence electrons. The van der Waals surface area contributed by atoms with Crippen molar-refractivity contribution in [3.8, 4) is 0 Å². The maximum atomic E-state index is 13.5. The molecule has 0 radical (unpaired) electrons. The van der Waals surface area contributed by atoms with Crippen LogP contribution in [0.3, 0.4) is 0 Å². The van der Waals surface area contributed by atoms with E-state index in [2.05, 4.69) is 4.98 Å². The van der Waals surface area contributed by atoms with Gasteiger partial charge in [-0.2, -0.15) is 4.98 Å². The van der Waals surface area contributed by atoms with Crippen LogP contribution in [-0.2, 0) is 18.9 Å². The van der Waals surface area contributed by atoms with E-state index in [9.17, 15) is 19.2 Å². The Morgan fingerprint density at radius 3 is 1.95 bits per heavy atom. The summed E-state index contributed by atoms with van der Waals surface area (Å²) in [5.74, 6) is -2.58. The second-order valence-electron chi connectivity index (χ2n) is 10.6. The van der Waals surface area contributed by atoms with E-state index in [4.69, 9.17) is 18.9 Å². The number of thioether (sulfide) groups is 1. The van der Waals surface area contributed by atoms with Crippen molar-refractivity contribution in [1.82, 2.24) is 9.55 Å². The molecule has 2 heterocycles. The molecule has 0 amide bonds. The number of fused-ring (bicyclic) bond motifs is 1. The van der Waals surface area contributed by atoms with Crippen molar-refractivity contribution in [2.24, 2.45) is 5.92 Å². The topological polar surface area (TPSA) is 123 Å². The van der Waals surface area contributed by atoms with Crippen molar-refractivity contribution in [2.45, 2.75) is 35.6 Å². The SMILES string of the molecule is CSc1nc(=O)ccn1[C@@H]1OC2(COC(=O)c3ccccc3)C([C@H]2OC(=O)c2ccccc2)C1(C)OC(=O)c1ccccc1. The maximum Gasteiger partial charge on any atom is 0.338 e. The van der Waals surface area contributed by atoms with Gasteiger partial charge in [-0.15, -0.1) is 0 Å². The minimum atomic E-state index is -1.46. The van der Waals surface area contributed by atoms with E-state index >= 15 is 0 Å². The van der Waals surface area contributed by atoms with Crippen molar-refractivity contribution < 1.29 is 33.3 Å². The number of aromatic nitrogens is 2. The number of carbonyl (C=O) groups excluding carboxylic acids is 3. The first-order valence-electron chi connectivity index (χ1n) is 13.8. The van der Waals surface area contributed by atoms with E-state index in [0.29, 0.717) is 21.8 Å². The van der Waals surface area contributed by atoms with Gasteiger partial charge in [-0.05, 0) is 49.6 Å². The Hall–Kier alpha value is -4.74. The summed E-state index contributed by atoms with van der Waals surface area (Å²) in [6, 6.07) is 26.7. The van der Waals surface area contributed by atoms with Crippen molar-refractivity contribution in [1.29, 1.82) is 0 Å². The van der Waals surface area contributed by atoms with Crippen molar-refractivity contribution in [3.63, 3.8) is 0 Å². The minimum Gasteiger partial charge on any atom is -0.459 e. The zero-order valence-electron chi connectivity index (χ0n) is 23.8. The predicted octanol–water partition coefficient (Wildman–Crippen LogP) is 4.56. The van der Waals surface area contributed by atoms with Gasteiger partial charge in [0.1, 0.15) is 12.7 Å². The number of hydrogen-bond donors (Lipinski definition) is 0. The van der Waals surface area contributed by atoms with Crippen molar-refractivity contribution in [2.75, 3.05) is 12.9 Å². The Morgan fingerprint density at radius 1 is 0.841 bits per heavy atom. The van der Waals surface area contributed by atoms with Gasteiger partial charge in [0.15, 0.2) is 22.6 Å². The molecule has 10 nitrogen and oxygen atoms in total. The van der Waals surface area contributed by atoms with Crippen LogP contribution in [0.4, 0.5) is 0 Å². The summed E-state index contributed by atoms with van der Waals surface area (Å²) in [4.78, 5) is 56.0. The fourth-order valence-electron chi connectivity index (χ4n) is 5.76. The fraction of sp³-hybridized carbons (Fsp3) is 0.242. The first kappa shape index (κ1) is 29.3. The Morgan fingerprint density at radius 2 is 1.39 bits per heavy atom. The Labute approximate surface area is 256 Å². The largest absolute Gasteiger partial charge is 0.459 e. The van der Waals surface area contributed by atoms with Crippen LogP contribution in [0, 0.1) is 5.92 Å². The zero-order chi connectivity index (χ0) is 30.9. The average Bonchev–Trinajstić information content (AvgIpc) is 3.60. The van der Waals surface area contributed by atoms with Gasteiger partial charge < -0.3 is 18.9 Å². The molecule has 0 spiro atoms. The lowest BCUT2D eigenvalue weighted by molar-refractivity contribution is -0.157. The van der Waals surface area contributed by atoms with E-state index in [0.717, 1.165) is 0 Å². The number of ether oxygens (including phenoxy) is 4. The molecule has 1 aromatic heterocycles. The molecule has 1 saturated carbocycles. The molecule has 2 aliphatic rings. The lowest BCUT2D eigenvalue weighted by atomic mass is 9.97. The van der Waals surface area contributed by atoms with Crippen LogP contribution >= 0.6 is 11.8 Å². The highest BCUT2D eigenvalue weighted by Gasteiger charge is 2.85. The van der Waals surface area contributed by atoms with Crippen LogP contribution in [0.15, 0.2) is 113 Å². The van der Waals surface area contributed by atoms with Gasteiger partial charge in [0.2, 0.25) is 0 Å². The molecule has 11 heteroatoms. The lowest BCUT2D eigenvalue weighted by Crippen LogP contribution is -2.44. The summed E-state index contributed by atoms with van der Waals surface area (Å²) in [5.41, 5.74) is -2.32. The fourth-order valence-corrected chi connectivity index (χ4v) is 6.31. The number of carbonyl (C=O) groups is 3. The quantitative estimate of drug-likeness (QED) is 0.115. The first-order valence-corrected chi connectivity index (χ1v) is 15.1.